The highest BCUT2D eigenvalue weighted by Crippen LogP contribution is 2.19. The molecule has 1 saturated heterocycles. The first-order valence-corrected chi connectivity index (χ1v) is 8.88. The molecule has 0 radical (unpaired) electrons. The van der Waals surface area contributed by atoms with E-state index in [2.05, 4.69) is 39.9 Å². The lowest BCUT2D eigenvalue weighted by Crippen LogP contribution is -2.54. The molecule has 5 nitrogen and oxygen atoms in total. The van der Waals surface area contributed by atoms with E-state index in [1.807, 2.05) is 0 Å². The Balaban J connectivity index is 1.33. The highest BCUT2D eigenvalue weighted by molar-refractivity contribution is 5.16. The molecule has 0 unspecified atom stereocenters. The van der Waals surface area contributed by atoms with Crippen molar-refractivity contribution in [3.63, 3.8) is 0 Å². The number of hydrogen-bond acceptors (Lipinski definition) is 4. The van der Waals surface area contributed by atoms with E-state index in [4.69, 9.17) is 4.74 Å². The SMILES string of the molecule is C[C@@H]1CN(CCCCOc2cc3n(n2)CCCC3)C[C@H](C)N1. The lowest BCUT2D eigenvalue weighted by atomic mass is 10.1. The van der Waals surface area contributed by atoms with Crippen LogP contribution in [0.1, 0.15) is 45.2 Å². The number of aryl methyl sites for hydroxylation is 2. The first-order chi connectivity index (χ1) is 10.7. The first-order valence-electron chi connectivity index (χ1n) is 8.88. The van der Waals surface area contributed by atoms with Gasteiger partial charge in [0.1, 0.15) is 0 Å². The highest BCUT2D eigenvalue weighted by Gasteiger charge is 2.20. The van der Waals surface area contributed by atoms with E-state index < -0.39 is 0 Å². The van der Waals surface area contributed by atoms with E-state index >= 15 is 0 Å². The van der Waals surface area contributed by atoms with Gasteiger partial charge in [0, 0.05) is 43.5 Å². The lowest BCUT2D eigenvalue weighted by Gasteiger charge is -2.36. The first kappa shape index (κ1) is 15.8. The zero-order valence-corrected chi connectivity index (χ0v) is 14.1. The molecule has 2 aliphatic heterocycles. The molecule has 1 fully saturated rings. The third-order valence-corrected chi connectivity index (χ3v) is 4.65. The van der Waals surface area contributed by atoms with E-state index in [0.29, 0.717) is 12.1 Å². The van der Waals surface area contributed by atoms with Crippen molar-refractivity contribution in [1.29, 1.82) is 0 Å². The van der Waals surface area contributed by atoms with Crippen LogP contribution < -0.4 is 10.1 Å². The Morgan fingerprint density at radius 1 is 1.23 bits per heavy atom. The third kappa shape index (κ3) is 4.23. The second-order valence-corrected chi connectivity index (χ2v) is 6.94. The minimum absolute atomic E-state index is 0.608. The van der Waals surface area contributed by atoms with Gasteiger partial charge < -0.3 is 15.0 Å². The van der Waals surface area contributed by atoms with Crippen LogP contribution >= 0.6 is 0 Å². The van der Waals surface area contributed by atoms with Crippen LogP contribution in [-0.4, -0.2) is 53.0 Å². The van der Waals surface area contributed by atoms with Crippen LogP contribution in [0.3, 0.4) is 0 Å². The van der Waals surface area contributed by atoms with Crippen LogP contribution in [0.5, 0.6) is 5.88 Å². The van der Waals surface area contributed by atoms with Crippen LogP contribution in [0.25, 0.3) is 0 Å². The molecule has 1 aromatic rings. The summed E-state index contributed by atoms with van der Waals surface area (Å²) in [5.74, 6) is 0.821. The van der Waals surface area contributed by atoms with Gasteiger partial charge in [0.2, 0.25) is 5.88 Å². The smallest absolute Gasteiger partial charge is 0.232 e. The van der Waals surface area contributed by atoms with Gasteiger partial charge in [0.25, 0.3) is 0 Å². The molecule has 3 rings (SSSR count). The number of nitrogens with one attached hydrogen (secondary N) is 1. The molecule has 0 aromatic carbocycles. The Labute approximate surface area is 134 Å². The highest BCUT2D eigenvalue weighted by atomic mass is 16.5. The van der Waals surface area contributed by atoms with Crippen LogP contribution in [0.4, 0.5) is 0 Å². The molecular weight excluding hydrogens is 276 g/mol. The van der Waals surface area contributed by atoms with E-state index in [9.17, 15) is 0 Å². The van der Waals surface area contributed by atoms with Crippen molar-refractivity contribution < 1.29 is 4.74 Å². The summed E-state index contributed by atoms with van der Waals surface area (Å²) < 4.78 is 7.94. The molecule has 0 bridgehead atoms. The fraction of sp³-hybridized carbons (Fsp3) is 0.824. The number of hydrogen-bond donors (Lipinski definition) is 1. The van der Waals surface area contributed by atoms with Crippen molar-refractivity contribution in [2.75, 3.05) is 26.2 Å². The molecule has 0 spiro atoms. The van der Waals surface area contributed by atoms with Crippen LogP contribution in [0.15, 0.2) is 6.07 Å². The Morgan fingerprint density at radius 3 is 2.82 bits per heavy atom. The van der Waals surface area contributed by atoms with E-state index in [1.165, 1.54) is 44.6 Å². The maximum atomic E-state index is 5.83. The normalized spacial score (nSPS) is 25.9. The van der Waals surface area contributed by atoms with Gasteiger partial charge in [0.05, 0.1) is 6.61 Å². The van der Waals surface area contributed by atoms with E-state index in [-0.39, 0.29) is 0 Å². The molecule has 2 aliphatic rings. The van der Waals surface area contributed by atoms with Crippen molar-refractivity contribution in [1.82, 2.24) is 20.0 Å². The average Bonchev–Trinajstić information content (AvgIpc) is 2.88. The molecule has 3 heterocycles. The molecule has 5 heteroatoms. The van der Waals surface area contributed by atoms with Gasteiger partial charge in [-0.1, -0.05) is 0 Å². The minimum atomic E-state index is 0.608. The molecule has 1 N–H and O–H groups in total. The van der Waals surface area contributed by atoms with Crippen LogP contribution in [-0.2, 0) is 13.0 Å². The van der Waals surface area contributed by atoms with E-state index in [0.717, 1.165) is 31.9 Å². The summed E-state index contributed by atoms with van der Waals surface area (Å²) >= 11 is 0. The standard InChI is InChI=1S/C17H30N4O/c1-14-12-20(13-15(2)18-14)8-5-6-10-22-17-11-16-7-3-4-9-21(16)19-17/h11,14-15,18H,3-10,12-13H2,1-2H3/t14-,15+. The summed E-state index contributed by atoms with van der Waals surface area (Å²) in [5.41, 5.74) is 1.34. The maximum absolute atomic E-state index is 5.83. The van der Waals surface area contributed by atoms with Crippen molar-refractivity contribution in [3.05, 3.63) is 11.8 Å². The minimum Gasteiger partial charge on any atom is -0.477 e. The molecule has 0 amide bonds. The van der Waals surface area contributed by atoms with Crippen LogP contribution in [0.2, 0.25) is 0 Å². The number of ether oxygens (including phenoxy) is 1. The monoisotopic (exact) mass is 306 g/mol. The third-order valence-electron chi connectivity index (χ3n) is 4.65. The number of unbranched alkanes of at least 4 members (excludes halogenated alkanes) is 1. The fourth-order valence-electron chi connectivity index (χ4n) is 3.70. The topological polar surface area (TPSA) is 42.3 Å². The molecule has 0 aliphatic carbocycles. The maximum Gasteiger partial charge on any atom is 0.232 e. The Bertz CT molecular complexity index is 440. The lowest BCUT2D eigenvalue weighted by molar-refractivity contribution is 0.167. The molecule has 22 heavy (non-hydrogen) atoms. The number of piperazine rings is 1. The summed E-state index contributed by atoms with van der Waals surface area (Å²) in [5, 5.41) is 8.11. The Hall–Kier alpha value is -1.07. The summed E-state index contributed by atoms with van der Waals surface area (Å²) in [6, 6.07) is 3.34. The Kier molecular flexibility index (Phi) is 5.37. The summed E-state index contributed by atoms with van der Waals surface area (Å²) in [4.78, 5) is 2.57. The van der Waals surface area contributed by atoms with Gasteiger partial charge in [-0.15, -0.1) is 5.10 Å². The molecular formula is C17H30N4O. The quantitative estimate of drug-likeness (QED) is 0.817. The van der Waals surface area contributed by atoms with Gasteiger partial charge >= 0.3 is 0 Å². The largest absolute Gasteiger partial charge is 0.477 e. The zero-order chi connectivity index (χ0) is 15.4. The van der Waals surface area contributed by atoms with Gasteiger partial charge in [-0.3, -0.25) is 4.68 Å². The van der Waals surface area contributed by atoms with E-state index in [1.54, 1.807) is 0 Å². The average molecular weight is 306 g/mol. The summed E-state index contributed by atoms with van der Waals surface area (Å²) in [6.45, 7) is 9.89. The van der Waals surface area contributed by atoms with Crippen molar-refractivity contribution in [2.45, 2.75) is 64.6 Å². The number of aromatic nitrogens is 2. The summed E-state index contributed by atoms with van der Waals surface area (Å²) in [6.07, 6.45) is 5.99. The second kappa shape index (κ2) is 7.47. The second-order valence-electron chi connectivity index (χ2n) is 6.94. The van der Waals surface area contributed by atoms with Crippen molar-refractivity contribution in [3.8, 4) is 5.88 Å². The molecule has 1 aromatic heterocycles. The summed E-state index contributed by atoms with van der Waals surface area (Å²) in [7, 11) is 0. The predicted molar refractivity (Wildman–Crippen MR) is 88.4 cm³/mol. The number of fused-ring (bicyclic) bond motifs is 1. The zero-order valence-electron chi connectivity index (χ0n) is 14.1. The van der Waals surface area contributed by atoms with Gasteiger partial charge in [-0.2, -0.15) is 0 Å². The fourth-order valence-corrected chi connectivity index (χ4v) is 3.70. The number of rotatable bonds is 6. The van der Waals surface area contributed by atoms with Gasteiger partial charge in [-0.05, 0) is 52.5 Å². The van der Waals surface area contributed by atoms with Gasteiger partial charge in [0.15, 0.2) is 0 Å². The van der Waals surface area contributed by atoms with Crippen LogP contribution in [0, 0.1) is 0 Å². The number of nitrogens with zero attached hydrogens (tertiary/aromatic N) is 3. The predicted octanol–water partition coefficient (Wildman–Crippen LogP) is 2.06. The van der Waals surface area contributed by atoms with Gasteiger partial charge in [-0.25, -0.2) is 0 Å². The molecule has 0 saturated carbocycles. The Morgan fingerprint density at radius 2 is 2.05 bits per heavy atom. The van der Waals surface area contributed by atoms with Crippen molar-refractivity contribution >= 4 is 0 Å². The molecule has 124 valence electrons. The van der Waals surface area contributed by atoms with Crippen molar-refractivity contribution in [2.24, 2.45) is 0 Å². The molecule has 2 atom stereocenters.